The number of benzene rings is 2. The SMILES string of the molecule is CCOC(=O)[C@H]1CCCN1C(=O)c1ccc(C(=O)N[C@H](C)c2nc3ccc(Cl)cc3[nH]2)cc1Cl. The number of halogens is 2. The largest absolute Gasteiger partial charge is 0.464 e. The summed E-state index contributed by atoms with van der Waals surface area (Å²) in [5.41, 5.74) is 2.06. The standard InChI is InChI=1S/C24H24Cl2N4O4/c1-3-34-24(33)20-5-4-10-30(20)23(32)16-8-6-14(11-17(16)26)22(31)27-13(2)21-28-18-9-7-15(25)12-19(18)29-21/h6-9,11-13,20H,3-5,10H2,1-2H3,(H,27,31)(H,28,29)/t13-,20-/m1/s1. The van der Waals surface area contributed by atoms with Gasteiger partial charge in [-0.1, -0.05) is 23.2 Å². The lowest BCUT2D eigenvalue weighted by Crippen LogP contribution is -2.41. The van der Waals surface area contributed by atoms with Gasteiger partial charge in [0.05, 0.1) is 34.3 Å². The smallest absolute Gasteiger partial charge is 0.328 e. The van der Waals surface area contributed by atoms with Gasteiger partial charge < -0.3 is 19.9 Å². The maximum Gasteiger partial charge on any atom is 0.328 e. The van der Waals surface area contributed by atoms with Crippen LogP contribution in [-0.4, -0.2) is 51.8 Å². The third-order valence-electron chi connectivity index (χ3n) is 5.75. The molecule has 8 nitrogen and oxygen atoms in total. The molecule has 2 amide bonds. The minimum Gasteiger partial charge on any atom is -0.464 e. The number of rotatable bonds is 6. The van der Waals surface area contributed by atoms with Crippen molar-refractivity contribution in [1.82, 2.24) is 20.2 Å². The van der Waals surface area contributed by atoms with Crippen LogP contribution in [0.2, 0.25) is 10.0 Å². The van der Waals surface area contributed by atoms with Crippen molar-refractivity contribution in [2.75, 3.05) is 13.2 Å². The highest BCUT2D eigenvalue weighted by molar-refractivity contribution is 6.34. The zero-order chi connectivity index (χ0) is 24.4. The molecule has 1 aromatic heterocycles. The number of nitrogens with one attached hydrogen (secondary N) is 2. The third kappa shape index (κ3) is 4.88. The van der Waals surface area contributed by atoms with E-state index >= 15 is 0 Å². The first kappa shape index (κ1) is 24.0. The van der Waals surface area contributed by atoms with Crippen molar-refractivity contribution >= 4 is 52.0 Å². The summed E-state index contributed by atoms with van der Waals surface area (Å²) in [6.45, 7) is 4.23. The first-order chi connectivity index (χ1) is 16.3. The molecule has 2 heterocycles. The second-order valence-electron chi connectivity index (χ2n) is 8.08. The number of aromatic amines is 1. The van der Waals surface area contributed by atoms with E-state index in [1.54, 1.807) is 32.0 Å². The van der Waals surface area contributed by atoms with Gasteiger partial charge in [-0.05, 0) is 63.1 Å². The van der Waals surface area contributed by atoms with Crippen molar-refractivity contribution in [3.8, 4) is 0 Å². The topological polar surface area (TPSA) is 104 Å². The number of likely N-dealkylation sites (tertiary alicyclic amines) is 1. The van der Waals surface area contributed by atoms with Gasteiger partial charge in [0.1, 0.15) is 11.9 Å². The number of esters is 1. The van der Waals surface area contributed by atoms with Crippen LogP contribution in [0.25, 0.3) is 11.0 Å². The normalized spacial score (nSPS) is 16.5. The number of imidazole rings is 1. The van der Waals surface area contributed by atoms with Crippen molar-refractivity contribution in [2.24, 2.45) is 0 Å². The number of ether oxygens (including phenoxy) is 1. The Morgan fingerprint density at radius 2 is 2.03 bits per heavy atom. The van der Waals surface area contributed by atoms with Crippen LogP contribution in [0.3, 0.4) is 0 Å². The molecule has 10 heteroatoms. The molecule has 2 aromatic carbocycles. The number of carbonyl (C=O) groups is 3. The molecule has 2 N–H and O–H groups in total. The molecule has 1 fully saturated rings. The lowest BCUT2D eigenvalue weighted by Gasteiger charge is -2.23. The predicted molar refractivity (Wildman–Crippen MR) is 129 cm³/mol. The number of H-pyrrole nitrogens is 1. The van der Waals surface area contributed by atoms with Crippen LogP contribution in [0.4, 0.5) is 0 Å². The Hall–Kier alpha value is -3.10. The summed E-state index contributed by atoms with van der Waals surface area (Å²) in [6, 6.07) is 8.78. The fourth-order valence-electron chi connectivity index (χ4n) is 4.03. The number of hydrogen-bond acceptors (Lipinski definition) is 5. The molecule has 0 aliphatic carbocycles. The highest BCUT2D eigenvalue weighted by atomic mass is 35.5. The zero-order valence-electron chi connectivity index (χ0n) is 18.7. The summed E-state index contributed by atoms with van der Waals surface area (Å²) in [5.74, 6) is -0.552. The summed E-state index contributed by atoms with van der Waals surface area (Å²) < 4.78 is 5.09. The second-order valence-corrected chi connectivity index (χ2v) is 8.93. The Balaban J connectivity index is 1.47. The molecule has 1 aliphatic rings. The average Bonchev–Trinajstić information content (AvgIpc) is 3.45. The van der Waals surface area contributed by atoms with E-state index in [-0.39, 0.29) is 29.0 Å². The highest BCUT2D eigenvalue weighted by Gasteiger charge is 2.36. The molecular weight excluding hydrogens is 479 g/mol. The van der Waals surface area contributed by atoms with Crippen LogP contribution in [0, 0.1) is 0 Å². The van der Waals surface area contributed by atoms with Gasteiger partial charge in [0.15, 0.2) is 0 Å². The van der Waals surface area contributed by atoms with Gasteiger partial charge in [0.25, 0.3) is 11.8 Å². The van der Waals surface area contributed by atoms with Crippen molar-refractivity contribution < 1.29 is 19.1 Å². The maximum absolute atomic E-state index is 13.1. The van der Waals surface area contributed by atoms with Gasteiger partial charge in [0, 0.05) is 17.1 Å². The molecule has 34 heavy (non-hydrogen) atoms. The monoisotopic (exact) mass is 502 g/mol. The number of hydrogen-bond donors (Lipinski definition) is 2. The van der Waals surface area contributed by atoms with E-state index in [2.05, 4.69) is 15.3 Å². The summed E-state index contributed by atoms with van der Waals surface area (Å²) in [6.07, 6.45) is 1.26. The first-order valence-corrected chi connectivity index (χ1v) is 11.8. The number of amides is 2. The lowest BCUT2D eigenvalue weighted by atomic mass is 10.1. The van der Waals surface area contributed by atoms with E-state index in [1.807, 2.05) is 0 Å². The number of fused-ring (bicyclic) bond motifs is 1. The van der Waals surface area contributed by atoms with Crippen molar-refractivity contribution in [3.63, 3.8) is 0 Å². The van der Waals surface area contributed by atoms with Crippen LogP contribution in [0.15, 0.2) is 36.4 Å². The molecule has 178 valence electrons. The minimum absolute atomic E-state index is 0.137. The summed E-state index contributed by atoms with van der Waals surface area (Å²) in [4.78, 5) is 47.2. The number of nitrogens with zero attached hydrogens (tertiary/aromatic N) is 2. The predicted octanol–water partition coefficient (Wildman–Crippen LogP) is 4.53. The minimum atomic E-state index is -0.619. The molecule has 2 atom stereocenters. The van der Waals surface area contributed by atoms with Gasteiger partial charge in [0.2, 0.25) is 0 Å². The van der Waals surface area contributed by atoms with Crippen molar-refractivity contribution in [3.05, 3.63) is 63.4 Å². The Labute approximate surface area is 206 Å². The molecule has 0 bridgehead atoms. The van der Waals surface area contributed by atoms with Gasteiger partial charge in [-0.25, -0.2) is 9.78 Å². The van der Waals surface area contributed by atoms with Crippen molar-refractivity contribution in [1.29, 1.82) is 0 Å². The van der Waals surface area contributed by atoms with Crippen LogP contribution in [0.5, 0.6) is 0 Å². The van der Waals surface area contributed by atoms with Gasteiger partial charge in [-0.3, -0.25) is 9.59 Å². The molecule has 0 radical (unpaired) electrons. The third-order valence-corrected chi connectivity index (χ3v) is 6.30. The van der Waals surface area contributed by atoms with Gasteiger partial charge in [-0.15, -0.1) is 0 Å². The van der Waals surface area contributed by atoms with Gasteiger partial charge in [-0.2, -0.15) is 0 Å². The van der Waals surface area contributed by atoms with Crippen molar-refractivity contribution in [2.45, 2.75) is 38.8 Å². The lowest BCUT2D eigenvalue weighted by molar-refractivity contribution is -0.147. The Morgan fingerprint density at radius 1 is 1.24 bits per heavy atom. The van der Waals surface area contributed by atoms with Crippen LogP contribution < -0.4 is 5.32 Å². The van der Waals surface area contributed by atoms with Crippen LogP contribution >= 0.6 is 23.2 Å². The Morgan fingerprint density at radius 3 is 2.76 bits per heavy atom. The van der Waals surface area contributed by atoms with E-state index in [0.717, 1.165) is 11.0 Å². The molecule has 0 spiro atoms. The van der Waals surface area contributed by atoms with Gasteiger partial charge >= 0.3 is 5.97 Å². The zero-order valence-corrected chi connectivity index (χ0v) is 20.2. The quantitative estimate of drug-likeness (QED) is 0.481. The van der Waals surface area contributed by atoms with E-state index in [0.29, 0.717) is 35.8 Å². The fraction of sp³-hybridized carbons (Fsp3) is 0.333. The van der Waals surface area contributed by atoms with E-state index in [1.165, 1.54) is 23.1 Å². The second kappa shape index (κ2) is 10.0. The maximum atomic E-state index is 13.1. The summed E-state index contributed by atoms with van der Waals surface area (Å²) in [7, 11) is 0. The molecule has 1 saturated heterocycles. The molecule has 4 rings (SSSR count). The molecule has 0 unspecified atom stereocenters. The number of aromatic nitrogens is 2. The van der Waals surface area contributed by atoms with Crippen LogP contribution in [-0.2, 0) is 9.53 Å². The fourth-order valence-corrected chi connectivity index (χ4v) is 4.47. The Bertz CT molecular complexity index is 1260. The van der Waals surface area contributed by atoms with Crippen LogP contribution in [0.1, 0.15) is 59.3 Å². The Kier molecular flexibility index (Phi) is 7.09. The molecule has 1 aliphatic heterocycles. The summed E-state index contributed by atoms with van der Waals surface area (Å²) in [5, 5.41) is 3.60. The first-order valence-electron chi connectivity index (χ1n) is 11.0. The van der Waals surface area contributed by atoms with E-state index in [4.69, 9.17) is 27.9 Å². The van der Waals surface area contributed by atoms with E-state index in [9.17, 15) is 14.4 Å². The molecule has 3 aromatic rings. The average molecular weight is 503 g/mol. The van der Waals surface area contributed by atoms with E-state index < -0.39 is 18.1 Å². The highest BCUT2D eigenvalue weighted by Crippen LogP contribution is 2.26. The molecular formula is C24H24Cl2N4O4. The molecule has 0 saturated carbocycles. The number of carbonyl (C=O) groups excluding carboxylic acids is 3. The summed E-state index contributed by atoms with van der Waals surface area (Å²) >= 11 is 12.4.